The molecule has 7 heteroatoms. The number of carbonyl (C=O) groups excluding carboxylic acids is 1. The van der Waals surface area contributed by atoms with Crippen LogP contribution in [0.4, 0.5) is 5.69 Å². The van der Waals surface area contributed by atoms with E-state index in [-0.39, 0.29) is 28.2 Å². The van der Waals surface area contributed by atoms with Gasteiger partial charge in [-0.2, -0.15) is 0 Å². The average molecular weight is 312 g/mol. The van der Waals surface area contributed by atoms with Gasteiger partial charge in [-0.3, -0.25) is 14.9 Å². The summed E-state index contributed by atoms with van der Waals surface area (Å²) in [4.78, 5) is 24.7. The average Bonchev–Trinajstić information content (AvgIpc) is 2.91. The minimum Gasteiger partial charge on any atom is -0.348 e. The molecule has 0 spiro atoms. The predicted molar refractivity (Wildman–Crippen MR) is 80.7 cm³/mol. The molecule has 1 unspecified atom stereocenters. The minimum atomic E-state index is -0.541. The first-order valence-corrected chi connectivity index (χ1v) is 7.32. The van der Waals surface area contributed by atoms with Gasteiger partial charge in [0.15, 0.2) is 0 Å². The number of hydrogen-bond acceptors (Lipinski definition) is 4. The maximum absolute atomic E-state index is 12.2. The lowest BCUT2D eigenvalue weighted by atomic mass is 10.1. The van der Waals surface area contributed by atoms with Crippen molar-refractivity contribution >= 4 is 23.2 Å². The van der Waals surface area contributed by atoms with Crippen LogP contribution in [0.25, 0.3) is 0 Å². The third kappa shape index (κ3) is 4.15. The van der Waals surface area contributed by atoms with Crippen molar-refractivity contribution in [1.29, 1.82) is 0 Å². The number of likely N-dealkylation sites (tertiary alicyclic amines) is 1. The zero-order valence-corrected chi connectivity index (χ0v) is 12.6. The highest BCUT2D eigenvalue weighted by atomic mass is 35.5. The molecule has 114 valence electrons. The minimum absolute atomic E-state index is 0.0362. The van der Waals surface area contributed by atoms with E-state index in [1.807, 2.05) is 6.92 Å². The summed E-state index contributed by atoms with van der Waals surface area (Å²) in [5, 5.41) is 13.8. The Labute approximate surface area is 128 Å². The van der Waals surface area contributed by atoms with Crippen LogP contribution in [0.5, 0.6) is 0 Å². The van der Waals surface area contributed by atoms with Gasteiger partial charge in [0.1, 0.15) is 0 Å². The standard InChI is InChI=1S/C14H18ClN3O3/c1-10(9-17-6-2-3-7-17)16-14(19)12-8-11(18(20)21)4-5-13(12)15/h4-5,8,10H,2-3,6-7,9H2,1H3,(H,16,19). The van der Waals surface area contributed by atoms with Crippen molar-refractivity contribution in [1.82, 2.24) is 10.2 Å². The van der Waals surface area contributed by atoms with Crippen LogP contribution in [-0.4, -0.2) is 41.4 Å². The Kier molecular flexibility index (Phi) is 5.14. The van der Waals surface area contributed by atoms with Crippen LogP contribution in [0.1, 0.15) is 30.1 Å². The summed E-state index contributed by atoms with van der Waals surface area (Å²) >= 11 is 5.96. The highest BCUT2D eigenvalue weighted by Crippen LogP contribution is 2.22. The van der Waals surface area contributed by atoms with Crippen molar-refractivity contribution in [3.8, 4) is 0 Å². The lowest BCUT2D eigenvalue weighted by molar-refractivity contribution is -0.384. The number of carbonyl (C=O) groups is 1. The topological polar surface area (TPSA) is 75.5 Å². The summed E-state index contributed by atoms with van der Waals surface area (Å²) in [7, 11) is 0. The van der Waals surface area contributed by atoms with Crippen molar-refractivity contribution in [3.05, 3.63) is 38.9 Å². The molecule has 1 N–H and O–H groups in total. The van der Waals surface area contributed by atoms with Crippen molar-refractivity contribution in [3.63, 3.8) is 0 Å². The lowest BCUT2D eigenvalue weighted by Crippen LogP contribution is -2.41. The molecule has 1 amide bonds. The molecular formula is C14H18ClN3O3. The Morgan fingerprint density at radius 3 is 2.76 bits per heavy atom. The van der Waals surface area contributed by atoms with E-state index < -0.39 is 4.92 Å². The van der Waals surface area contributed by atoms with Crippen molar-refractivity contribution in [2.24, 2.45) is 0 Å². The summed E-state index contributed by atoms with van der Waals surface area (Å²) in [6.45, 7) is 4.80. The number of nitrogens with one attached hydrogen (secondary N) is 1. The van der Waals surface area contributed by atoms with Crippen LogP contribution in [-0.2, 0) is 0 Å². The number of hydrogen-bond donors (Lipinski definition) is 1. The number of benzene rings is 1. The van der Waals surface area contributed by atoms with Crippen LogP contribution >= 0.6 is 11.6 Å². The maximum atomic E-state index is 12.2. The highest BCUT2D eigenvalue weighted by Gasteiger charge is 2.19. The van der Waals surface area contributed by atoms with Crippen LogP contribution < -0.4 is 5.32 Å². The molecule has 1 atom stereocenters. The molecule has 6 nitrogen and oxygen atoms in total. The van der Waals surface area contributed by atoms with Gasteiger partial charge in [-0.25, -0.2) is 0 Å². The van der Waals surface area contributed by atoms with E-state index in [9.17, 15) is 14.9 Å². The number of nitrogens with zero attached hydrogens (tertiary/aromatic N) is 2. The van der Waals surface area contributed by atoms with E-state index in [1.54, 1.807) is 0 Å². The van der Waals surface area contributed by atoms with E-state index >= 15 is 0 Å². The van der Waals surface area contributed by atoms with Crippen LogP contribution in [0.2, 0.25) is 5.02 Å². The second-order valence-electron chi connectivity index (χ2n) is 5.30. The van der Waals surface area contributed by atoms with Crippen molar-refractivity contribution < 1.29 is 9.72 Å². The Morgan fingerprint density at radius 1 is 1.48 bits per heavy atom. The zero-order valence-electron chi connectivity index (χ0n) is 11.8. The summed E-state index contributed by atoms with van der Waals surface area (Å²) < 4.78 is 0. The van der Waals surface area contributed by atoms with Gasteiger partial charge in [-0.1, -0.05) is 11.6 Å². The fourth-order valence-electron chi connectivity index (χ4n) is 2.50. The largest absolute Gasteiger partial charge is 0.348 e. The summed E-state index contributed by atoms with van der Waals surface area (Å²) in [5.41, 5.74) is -0.00381. The second kappa shape index (κ2) is 6.87. The number of amides is 1. The third-order valence-corrected chi connectivity index (χ3v) is 3.84. The van der Waals surface area contributed by atoms with Gasteiger partial charge in [0.2, 0.25) is 0 Å². The van der Waals surface area contributed by atoms with Crippen molar-refractivity contribution in [2.45, 2.75) is 25.8 Å². The Balaban J connectivity index is 2.01. The molecule has 2 rings (SSSR count). The molecule has 1 saturated heterocycles. The number of halogens is 1. The molecule has 0 aliphatic carbocycles. The van der Waals surface area contributed by atoms with E-state index in [2.05, 4.69) is 10.2 Å². The Hall–Kier alpha value is -1.66. The summed E-state index contributed by atoms with van der Waals surface area (Å²) in [6, 6.07) is 3.83. The maximum Gasteiger partial charge on any atom is 0.270 e. The molecular weight excluding hydrogens is 294 g/mol. The molecule has 1 aromatic rings. The number of rotatable bonds is 5. The number of nitro benzene ring substituents is 1. The first-order valence-electron chi connectivity index (χ1n) is 6.94. The molecule has 1 aliphatic rings. The van der Waals surface area contributed by atoms with Gasteiger partial charge < -0.3 is 10.2 Å². The normalized spacial score (nSPS) is 16.7. The zero-order chi connectivity index (χ0) is 15.4. The van der Waals surface area contributed by atoms with Gasteiger partial charge >= 0.3 is 0 Å². The highest BCUT2D eigenvalue weighted by molar-refractivity contribution is 6.33. The van der Waals surface area contributed by atoms with Crippen LogP contribution in [0, 0.1) is 10.1 Å². The van der Waals surface area contributed by atoms with Gasteiger partial charge in [0.25, 0.3) is 11.6 Å². The van der Waals surface area contributed by atoms with Gasteiger partial charge in [-0.05, 0) is 38.9 Å². The van der Waals surface area contributed by atoms with E-state index in [1.165, 1.54) is 31.0 Å². The molecule has 0 radical (unpaired) electrons. The molecule has 21 heavy (non-hydrogen) atoms. The van der Waals surface area contributed by atoms with E-state index in [0.29, 0.717) is 0 Å². The van der Waals surface area contributed by atoms with Gasteiger partial charge in [0, 0.05) is 24.7 Å². The van der Waals surface area contributed by atoms with Crippen LogP contribution in [0.15, 0.2) is 18.2 Å². The van der Waals surface area contributed by atoms with Crippen molar-refractivity contribution in [2.75, 3.05) is 19.6 Å². The first-order chi connectivity index (χ1) is 9.97. The quantitative estimate of drug-likeness (QED) is 0.669. The van der Waals surface area contributed by atoms with E-state index in [4.69, 9.17) is 11.6 Å². The smallest absolute Gasteiger partial charge is 0.270 e. The molecule has 1 aromatic carbocycles. The second-order valence-corrected chi connectivity index (χ2v) is 5.71. The molecule has 1 fully saturated rings. The number of non-ortho nitro benzene ring substituents is 1. The summed E-state index contributed by atoms with van der Waals surface area (Å²) in [5.74, 6) is -0.379. The molecule has 1 aliphatic heterocycles. The third-order valence-electron chi connectivity index (χ3n) is 3.51. The molecule has 0 bridgehead atoms. The number of nitro groups is 1. The molecule has 1 heterocycles. The van der Waals surface area contributed by atoms with Gasteiger partial charge in [-0.15, -0.1) is 0 Å². The fraction of sp³-hybridized carbons (Fsp3) is 0.500. The summed E-state index contributed by atoms with van der Waals surface area (Å²) in [6.07, 6.45) is 2.38. The van der Waals surface area contributed by atoms with Crippen LogP contribution in [0.3, 0.4) is 0 Å². The molecule has 0 saturated carbocycles. The molecule has 0 aromatic heterocycles. The predicted octanol–water partition coefficient (Wildman–Crippen LogP) is 2.46. The van der Waals surface area contributed by atoms with Gasteiger partial charge in [0.05, 0.1) is 15.5 Å². The SMILES string of the molecule is CC(CN1CCCC1)NC(=O)c1cc([N+](=O)[O-])ccc1Cl. The van der Waals surface area contributed by atoms with E-state index in [0.717, 1.165) is 19.6 Å². The Morgan fingerprint density at radius 2 is 2.14 bits per heavy atom. The fourth-order valence-corrected chi connectivity index (χ4v) is 2.70. The monoisotopic (exact) mass is 311 g/mol. The lowest BCUT2D eigenvalue weighted by Gasteiger charge is -2.21. The first kappa shape index (κ1) is 15.7. The Bertz CT molecular complexity index is 544.